The highest BCUT2D eigenvalue weighted by Crippen LogP contribution is 2.30. The summed E-state index contributed by atoms with van der Waals surface area (Å²) in [4.78, 5) is 2.07. The molecule has 2 unspecified atom stereocenters. The van der Waals surface area contributed by atoms with E-state index in [-0.39, 0.29) is 12.1 Å². The van der Waals surface area contributed by atoms with Crippen LogP contribution in [0.25, 0.3) is 0 Å². The van der Waals surface area contributed by atoms with Crippen molar-refractivity contribution in [3.8, 4) is 0 Å². The van der Waals surface area contributed by atoms with E-state index in [1.165, 1.54) is 12.8 Å². The zero-order valence-electron chi connectivity index (χ0n) is 23.6. The van der Waals surface area contributed by atoms with Crippen molar-refractivity contribution in [1.82, 2.24) is 15.5 Å². The van der Waals surface area contributed by atoms with E-state index in [0.717, 1.165) is 51.6 Å². The Morgan fingerprint density at radius 1 is 0.914 bits per heavy atom. The molecule has 1 fully saturated rings. The number of rotatable bonds is 19. The fourth-order valence-corrected chi connectivity index (χ4v) is 6.13. The van der Waals surface area contributed by atoms with E-state index in [0.29, 0.717) is 48.6 Å². The second-order valence-corrected chi connectivity index (χ2v) is 12.0. The topological polar surface area (TPSA) is 88.0 Å². The lowest BCUT2D eigenvalue weighted by atomic mass is 9.81. The Morgan fingerprint density at radius 2 is 1.57 bits per heavy atom. The van der Waals surface area contributed by atoms with Gasteiger partial charge in [0.2, 0.25) is 0 Å². The van der Waals surface area contributed by atoms with Crippen LogP contribution in [0.2, 0.25) is 0 Å². The molecule has 0 aromatic carbocycles. The molecule has 5 N–H and O–H groups in total. The molecule has 0 heterocycles. The van der Waals surface area contributed by atoms with Crippen LogP contribution in [-0.2, 0) is 0 Å². The molecule has 0 aromatic rings. The Kier molecular flexibility index (Phi) is 17.3. The van der Waals surface area contributed by atoms with Crippen molar-refractivity contribution in [3.63, 3.8) is 0 Å². The highest BCUT2D eigenvalue weighted by Gasteiger charge is 2.30. The fraction of sp³-hybridized carbons (Fsp3) is 1.00. The predicted octanol–water partition coefficient (Wildman–Crippen LogP) is 4.55. The van der Waals surface area contributed by atoms with Gasteiger partial charge in [0, 0.05) is 18.5 Å². The van der Waals surface area contributed by atoms with Gasteiger partial charge in [0.1, 0.15) is 12.5 Å². The molecule has 6 atom stereocenters. The van der Waals surface area contributed by atoms with Crippen molar-refractivity contribution in [1.29, 1.82) is 0 Å². The van der Waals surface area contributed by atoms with Gasteiger partial charge in [-0.1, -0.05) is 41.0 Å². The van der Waals surface area contributed by atoms with Gasteiger partial charge in [0.15, 0.2) is 0 Å². The minimum Gasteiger partial charge on any atom is -0.392 e. The maximum absolute atomic E-state index is 11.2. The Labute approximate surface area is 221 Å². The first-order chi connectivity index (χ1) is 16.6. The van der Waals surface area contributed by atoms with Crippen molar-refractivity contribution in [2.45, 2.75) is 129 Å². The third-order valence-electron chi connectivity index (χ3n) is 8.32. The van der Waals surface area contributed by atoms with Crippen molar-refractivity contribution >= 4 is 11.6 Å². The first kappa shape index (κ1) is 33.1. The molecule has 0 spiro atoms. The molecule has 1 aliphatic carbocycles. The lowest BCUT2D eigenvalue weighted by Gasteiger charge is -2.39. The van der Waals surface area contributed by atoms with Gasteiger partial charge < -0.3 is 20.6 Å². The summed E-state index contributed by atoms with van der Waals surface area (Å²) in [6, 6.07) is -0.203. The molecule has 0 aromatic heterocycles. The molecule has 0 amide bonds. The molecule has 1 saturated carbocycles. The number of halogens is 1. The van der Waals surface area contributed by atoms with Crippen LogP contribution in [0.15, 0.2) is 0 Å². The molecule has 1 aliphatic rings. The summed E-state index contributed by atoms with van der Waals surface area (Å²) in [5.74, 6) is 2.53. The summed E-state index contributed by atoms with van der Waals surface area (Å²) < 4.78 is 0. The Balaban J connectivity index is 2.74. The second kappa shape index (κ2) is 18.3. The summed E-state index contributed by atoms with van der Waals surface area (Å²) in [6.45, 7) is 15.7. The molecule has 6 nitrogen and oxygen atoms in total. The number of aliphatic hydroxyl groups is 3. The van der Waals surface area contributed by atoms with Crippen molar-refractivity contribution in [2.24, 2.45) is 23.7 Å². The molecule has 0 bridgehead atoms. The standard InChI is InChI=1S/C28H58ClN3O3/c1-7-25(34)19-30-16-14-27(28(35)31-17-13-23-9-11-24(29)12-10-23)32(22(6)33)18-15-21(5)26(8-2)20(3)4/h20-28,30-31,33-35H,7-19H2,1-6H3/t21-,22+,23?,24?,25?,26+,27?,28+/m0/s1. The first-order valence-electron chi connectivity index (χ1n) is 14.5. The molecular formula is C28H58ClN3O3. The minimum absolute atomic E-state index is 0.203. The van der Waals surface area contributed by atoms with E-state index < -0.39 is 12.5 Å². The Morgan fingerprint density at radius 3 is 2.11 bits per heavy atom. The average Bonchev–Trinajstić information content (AvgIpc) is 2.81. The third kappa shape index (κ3) is 12.9. The molecule has 0 aliphatic heterocycles. The Bertz CT molecular complexity index is 518. The molecule has 7 heteroatoms. The van der Waals surface area contributed by atoms with Crippen LogP contribution >= 0.6 is 11.6 Å². The molecule has 35 heavy (non-hydrogen) atoms. The lowest BCUT2D eigenvalue weighted by Crippen LogP contribution is -2.55. The van der Waals surface area contributed by atoms with Crippen LogP contribution in [0.1, 0.15) is 99.3 Å². The summed E-state index contributed by atoms with van der Waals surface area (Å²) in [5, 5.41) is 38.8. The highest BCUT2D eigenvalue weighted by atomic mass is 35.5. The average molecular weight is 520 g/mol. The van der Waals surface area contributed by atoms with Gasteiger partial charge in [0.25, 0.3) is 0 Å². The van der Waals surface area contributed by atoms with Gasteiger partial charge in [-0.15, -0.1) is 11.6 Å². The quantitative estimate of drug-likeness (QED) is 0.0977. The number of hydrogen-bond acceptors (Lipinski definition) is 6. The van der Waals surface area contributed by atoms with Gasteiger partial charge in [-0.3, -0.25) is 10.2 Å². The number of nitrogens with zero attached hydrogens (tertiary/aromatic N) is 1. The first-order valence-corrected chi connectivity index (χ1v) is 14.9. The number of hydrogen-bond donors (Lipinski definition) is 5. The van der Waals surface area contributed by atoms with Crippen LogP contribution < -0.4 is 10.6 Å². The molecular weight excluding hydrogens is 462 g/mol. The smallest absolute Gasteiger partial charge is 0.120 e. The SMILES string of the molecule is CCC(O)CNCCC([C@@H](O)NCCC1CCC(Cl)CC1)N(CC[C@H](C)[C@H](CC)C(C)C)[C@@H](C)O. The van der Waals surface area contributed by atoms with E-state index in [4.69, 9.17) is 11.6 Å². The number of nitrogens with one attached hydrogen (secondary N) is 2. The van der Waals surface area contributed by atoms with Crippen LogP contribution in [0, 0.1) is 23.7 Å². The van der Waals surface area contributed by atoms with Crippen LogP contribution in [-0.4, -0.2) is 76.4 Å². The van der Waals surface area contributed by atoms with Crippen molar-refractivity contribution in [3.05, 3.63) is 0 Å². The van der Waals surface area contributed by atoms with Crippen LogP contribution in [0.4, 0.5) is 0 Å². The predicted molar refractivity (Wildman–Crippen MR) is 149 cm³/mol. The minimum atomic E-state index is -0.714. The molecule has 0 radical (unpaired) electrons. The molecule has 210 valence electrons. The van der Waals surface area contributed by atoms with Gasteiger partial charge >= 0.3 is 0 Å². The molecule has 0 saturated heterocycles. The summed E-state index contributed by atoms with van der Waals surface area (Å²) in [5.41, 5.74) is 0. The summed E-state index contributed by atoms with van der Waals surface area (Å²) >= 11 is 6.25. The normalized spacial score (nSPS) is 24.3. The van der Waals surface area contributed by atoms with E-state index in [1.807, 2.05) is 13.8 Å². The van der Waals surface area contributed by atoms with Gasteiger partial charge in [-0.2, -0.15) is 0 Å². The van der Waals surface area contributed by atoms with Crippen molar-refractivity contribution < 1.29 is 15.3 Å². The largest absolute Gasteiger partial charge is 0.392 e. The lowest BCUT2D eigenvalue weighted by molar-refractivity contribution is -0.0673. The van der Waals surface area contributed by atoms with E-state index in [2.05, 4.69) is 43.2 Å². The van der Waals surface area contributed by atoms with E-state index >= 15 is 0 Å². The summed E-state index contributed by atoms with van der Waals surface area (Å²) in [7, 11) is 0. The van der Waals surface area contributed by atoms with Gasteiger partial charge in [-0.25, -0.2) is 0 Å². The van der Waals surface area contributed by atoms with Gasteiger partial charge in [0.05, 0.1) is 12.1 Å². The van der Waals surface area contributed by atoms with E-state index in [9.17, 15) is 15.3 Å². The number of aliphatic hydroxyl groups excluding tert-OH is 3. The second-order valence-electron chi connectivity index (χ2n) is 11.4. The van der Waals surface area contributed by atoms with Crippen LogP contribution in [0.3, 0.4) is 0 Å². The Hall–Kier alpha value is 0.0500. The maximum atomic E-state index is 11.2. The molecule has 1 rings (SSSR count). The fourth-order valence-electron chi connectivity index (χ4n) is 5.88. The maximum Gasteiger partial charge on any atom is 0.120 e. The zero-order chi connectivity index (χ0) is 26.4. The monoisotopic (exact) mass is 519 g/mol. The zero-order valence-corrected chi connectivity index (χ0v) is 24.3. The van der Waals surface area contributed by atoms with E-state index in [1.54, 1.807) is 0 Å². The summed E-state index contributed by atoms with van der Waals surface area (Å²) in [6.07, 6.45) is 7.45. The third-order valence-corrected chi connectivity index (χ3v) is 8.76. The number of alkyl halides is 1. The van der Waals surface area contributed by atoms with Crippen LogP contribution in [0.5, 0.6) is 0 Å². The van der Waals surface area contributed by atoms with Crippen molar-refractivity contribution in [2.75, 3.05) is 26.2 Å². The van der Waals surface area contributed by atoms with Gasteiger partial charge in [-0.05, 0) is 95.1 Å². The highest BCUT2D eigenvalue weighted by molar-refractivity contribution is 6.20.